The monoisotopic (exact) mass is 415 g/mol. The molecule has 0 radical (unpaired) electrons. The molecule has 0 spiro atoms. The molecule has 122 valence electrons. The van der Waals surface area contributed by atoms with E-state index in [1.807, 2.05) is 6.20 Å². The molecule has 1 aliphatic carbocycles. The highest BCUT2D eigenvalue weighted by molar-refractivity contribution is 14.0. The summed E-state index contributed by atoms with van der Waals surface area (Å²) in [5.74, 6) is 2.42. The van der Waals surface area contributed by atoms with Gasteiger partial charge in [0.1, 0.15) is 5.82 Å². The van der Waals surface area contributed by atoms with Crippen molar-refractivity contribution in [2.24, 2.45) is 16.6 Å². The zero-order chi connectivity index (χ0) is 14.5. The minimum absolute atomic E-state index is 0. The Labute approximate surface area is 149 Å². The lowest BCUT2D eigenvalue weighted by Gasteiger charge is -2.25. The van der Waals surface area contributed by atoms with Crippen LogP contribution in [0.15, 0.2) is 23.3 Å². The molecule has 2 aliphatic rings. The summed E-state index contributed by atoms with van der Waals surface area (Å²) in [6, 6.07) is 4.19. The van der Waals surface area contributed by atoms with Crippen molar-refractivity contribution < 1.29 is 0 Å². The largest absolute Gasteiger partial charge is 0.370 e. The van der Waals surface area contributed by atoms with Crippen LogP contribution in [0.1, 0.15) is 37.7 Å². The maximum atomic E-state index is 5.89. The zero-order valence-corrected chi connectivity index (χ0v) is 15.3. The van der Waals surface area contributed by atoms with Crippen LogP contribution in [0.3, 0.4) is 0 Å². The molecule has 0 atom stereocenters. The zero-order valence-electron chi connectivity index (χ0n) is 13.0. The van der Waals surface area contributed by atoms with Crippen LogP contribution in [0.25, 0.3) is 0 Å². The van der Waals surface area contributed by atoms with Crippen molar-refractivity contribution in [1.82, 2.24) is 10.3 Å². The van der Waals surface area contributed by atoms with Gasteiger partial charge in [-0.15, -0.1) is 24.0 Å². The summed E-state index contributed by atoms with van der Waals surface area (Å²) in [6.07, 6.45) is 8.47. The van der Waals surface area contributed by atoms with Crippen molar-refractivity contribution in [3.63, 3.8) is 0 Å². The van der Waals surface area contributed by atoms with Crippen molar-refractivity contribution in [2.75, 3.05) is 24.5 Å². The van der Waals surface area contributed by atoms with Gasteiger partial charge in [-0.3, -0.25) is 0 Å². The van der Waals surface area contributed by atoms with Crippen LogP contribution in [0.4, 0.5) is 5.82 Å². The van der Waals surface area contributed by atoms with Gasteiger partial charge >= 0.3 is 0 Å². The van der Waals surface area contributed by atoms with Crippen LogP contribution < -0.4 is 16.0 Å². The highest BCUT2D eigenvalue weighted by Crippen LogP contribution is 2.25. The van der Waals surface area contributed by atoms with Gasteiger partial charge in [-0.2, -0.15) is 0 Å². The number of pyridine rings is 1. The molecule has 1 saturated heterocycles. The fraction of sp³-hybridized carbons (Fsp3) is 0.625. The van der Waals surface area contributed by atoms with Gasteiger partial charge in [-0.1, -0.05) is 12.5 Å². The fourth-order valence-corrected chi connectivity index (χ4v) is 2.82. The molecular formula is C16H26IN5. The minimum atomic E-state index is 0. The molecule has 0 bridgehead atoms. The molecule has 0 amide bonds. The van der Waals surface area contributed by atoms with E-state index in [4.69, 9.17) is 5.73 Å². The first-order valence-electron chi connectivity index (χ1n) is 8.05. The highest BCUT2D eigenvalue weighted by atomic mass is 127. The summed E-state index contributed by atoms with van der Waals surface area (Å²) in [6.45, 7) is 3.81. The Morgan fingerprint density at radius 2 is 2.05 bits per heavy atom. The average molecular weight is 415 g/mol. The van der Waals surface area contributed by atoms with E-state index in [9.17, 15) is 0 Å². The number of anilines is 1. The van der Waals surface area contributed by atoms with E-state index < -0.39 is 0 Å². The van der Waals surface area contributed by atoms with Crippen LogP contribution in [-0.2, 0) is 6.54 Å². The lowest BCUT2D eigenvalue weighted by molar-refractivity contribution is 0.315. The Kier molecular flexibility index (Phi) is 6.72. The molecule has 0 aromatic carbocycles. The van der Waals surface area contributed by atoms with Gasteiger partial charge in [-0.25, -0.2) is 9.98 Å². The number of nitrogens with one attached hydrogen (secondary N) is 1. The number of guanidine groups is 1. The van der Waals surface area contributed by atoms with E-state index >= 15 is 0 Å². The third kappa shape index (κ3) is 4.72. The second-order valence-corrected chi connectivity index (χ2v) is 6.10. The quantitative estimate of drug-likeness (QED) is 0.441. The molecule has 1 saturated carbocycles. The topological polar surface area (TPSA) is 66.5 Å². The molecule has 1 aliphatic heterocycles. The van der Waals surface area contributed by atoms with Crippen molar-refractivity contribution in [3.05, 3.63) is 23.9 Å². The van der Waals surface area contributed by atoms with Crippen LogP contribution in [-0.4, -0.2) is 30.6 Å². The summed E-state index contributed by atoms with van der Waals surface area (Å²) in [5.41, 5.74) is 6.99. The molecule has 22 heavy (non-hydrogen) atoms. The van der Waals surface area contributed by atoms with Gasteiger partial charge in [0.2, 0.25) is 0 Å². The van der Waals surface area contributed by atoms with E-state index in [1.54, 1.807) is 0 Å². The number of halogens is 1. The van der Waals surface area contributed by atoms with Gasteiger partial charge < -0.3 is 16.0 Å². The minimum Gasteiger partial charge on any atom is -0.370 e. The molecule has 6 heteroatoms. The van der Waals surface area contributed by atoms with E-state index in [-0.39, 0.29) is 24.0 Å². The molecule has 5 nitrogen and oxygen atoms in total. The predicted molar refractivity (Wildman–Crippen MR) is 102 cm³/mol. The average Bonchev–Trinajstić information content (AvgIpc) is 2.98. The molecule has 1 aromatic rings. The second kappa shape index (κ2) is 8.55. The molecule has 2 fully saturated rings. The first-order valence-corrected chi connectivity index (χ1v) is 8.05. The summed E-state index contributed by atoms with van der Waals surface area (Å²) in [7, 11) is 0. The molecule has 2 heterocycles. The molecule has 3 N–H and O–H groups in total. The van der Waals surface area contributed by atoms with Gasteiger partial charge in [0.05, 0.1) is 6.54 Å². The Morgan fingerprint density at radius 3 is 2.64 bits per heavy atom. The van der Waals surface area contributed by atoms with Crippen LogP contribution in [0, 0.1) is 5.92 Å². The summed E-state index contributed by atoms with van der Waals surface area (Å²) in [4.78, 5) is 11.2. The van der Waals surface area contributed by atoms with Crippen molar-refractivity contribution in [1.29, 1.82) is 0 Å². The van der Waals surface area contributed by atoms with E-state index in [1.165, 1.54) is 32.1 Å². The van der Waals surface area contributed by atoms with Crippen LogP contribution >= 0.6 is 24.0 Å². The van der Waals surface area contributed by atoms with E-state index in [2.05, 4.69) is 32.3 Å². The fourth-order valence-electron chi connectivity index (χ4n) is 2.82. The maximum absolute atomic E-state index is 5.89. The Balaban J connectivity index is 0.00000176. The van der Waals surface area contributed by atoms with Crippen molar-refractivity contribution in [2.45, 2.75) is 38.6 Å². The molecular weight excluding hydrogens is 389 g/mol. The van der Waals surface area contributed by atoms with E-state index in [0.717, 1.165) is 36.9 Å². The highest BCUT2D eigenvalue weighted by Gasteiger charge is 2.16. The third-order valence-electron chi connectivity index (χ3n) is 4.47. The van der Waals surface area contributed by atoms with Crippen molar-refractivity contribution in [3.8, 4) is 0 Å². The van der Waals surface area contributed by atoms with Gasteiger partial charge in [0.15, 0.2) is 5.96 Å². The smallest absolute Gasteiger partial charge is 0.188 e. The number of aliphatic imine (C=N–C) groups is 1. The standard InChI is InChI=1S/C16H25N5.HI/c17-16(19-10-13-4-3-5-13)20-12-14-6-7-15(18-11-14)21-8-1-2-9-21;/h6-7,11,13H,1-5,8-10,12H2,(H3,17,19,20);1H. The first kappa shape index (κ1) is 17.3. The maximum Gasteiger partial charge on any atom is 0.188 e. The first-order chi connectivity index (χ1) is 10.3. The number of aromatic nitrogens is 1. The van der Waals surface area contributed by atoms with Gasteiger partial charge in [0, 0.05) is 25.8 Å². The van der Waals surface area contributed by atoms with Gasteiger partial charge in [0.25, 0.3) is 0 Å². The normalized spacial score (nSPS) is 18.7. The number of nitrogens with zero attached hydrogens (tertiary/aromatic N) is 3. The Morgan fingerprint density at radius 1 is 1.27 bits per heavy atom. The summed E-state index contributed by atoms with van der Waals surface area (Å²) < 4.78 is 0. The lowest BCUT2D eigenvalue weighted by atomic mass is 9.85. The van der Waals surface area contributed by atoms with E-state index in [0.29, 0.717) is 12.5 Å². The molecule has 1 aromatic heterocycles. The summed E-state index contributed by atoms with van der Waals surface area (Å²) in [5, 5.41) is 3.21. The third-order valence-corrected chi connectivity index (χ3v) is 4.47. The second-order valence-electron chi connectivity index (χ2n) is 6.10. The number of hydrogen-bond acceptors (Lipinski definition) is 3. The number of rotatable bonds is 5. The SMILES string of the molecule is I.NC(=NCc1ccc(N2CCCC2)nc1)NCC1CCC1. The van der Waals surface area contributed by atoms with Crippen LogP contribution in [0.5, 0.6) is 0 Å². The molecule has 0 unspecified atom stereocenters. The number of nitrogens with two attached hydrogens (primary N) is 1. The summed E-state index contributed by atoms with van der Waals surface area (Å²) >= 11 is 0. The molecule has 3 rings (SSSR count). The predicted octanol–water partition coefficient (Wildman–Crippen LogP) is 2.50. The Bertz CT molecular complexity index is 478. The lowest BCUT2D eigenvalue weighted by Crippen LogP contribution is -2.37. The number of hydrogen-bond donors (Lipinski definition) is 2. The Hall–Kier alpha value is -1.05. The van der Waals surface area contributed by atoms with Crippen molar-refractivity contribution >= 4 is 35.8 Å². The van der Waals surface area contributed by atoms with Crippen LogP contribution in [0.2, 0.25) is 0 Å². The van der Waals surface area contributed by atoms with Gasteiger partial charge in [-0.05, 0) is 43.2 Å².